The van der Waals surface area contributed by atoms with Crippen molar-refractivity contribution in [3.63, 3.8) is 0 Å². The first kappa shape index (κ1) is 23.7. The molecule has 0 radical (unpaired) electrons. The molecule has 35 heavy (non-hydrogen) atoms. The molecule has 188 valence electrons. The van der Waals surface area contributed by atoms with Gasteiger partial charge in [0, 0.05) is 25.0 Å². The Balaban J connectivity index is 1.36. The third-order valence-corrected chi connectivity index (χ3v) is 7.47. The molecule has 12 heteroatoms. The summed E-state index contributed by atoms with van der Waals surface area (Å²) in [4.78, 5) is 26.8. The van der Waals surface area contributed by atoms with E-state index in [0.717, 1.165) is 35.8 Å². The van der Waals surface area contributed by atoms with E-state index in [2.05, 4.69) is 21.0 Å². The molecule has 3 heterocycles. The summed E-state index contributed by atoms with van der Waals surface area (Å²) >= 11 is 0. The van der Waals surface area contributed by atoms with Gasteiger partial charge in [-0.2, -0.15) is 13.2 Å². The van der Waals surface area contributed by atoms with Crippen molar-refractivity contribution in [1.82, 2.24) is 30.5 Å². The van der Waals surface area contributed by atoms with Crippen molar-refractivity contribution in [3.05, 3.63) is 46.8 Å². The molecule has 1 aliphatic carbocycles. The van der Waals surface area contributed by atoms with Crippen molar-refractivity contribution < 1.29 is 27.2 Å². The molecule has 4 unspecified atom stereocenters. The molecule has 0 bridgehead atoms. The lowest BCUT2D eigenvalue weighted by atomic mass is 9.72. The van der Waals surface area contributed by atoms with Gasteiger partial charge < -0.3 is 9.47 Å². The minimum Gasteiger partial charge on any atom is -0.327 e. The van der Waals surface area contributed by atoms with Gasteiger partial charge in [0.2, 0.25) is 11.7 Å². The topological polar surface area (TPSA) is 92.2 Å². The second kappa shape index (κ2) is 8.89. The smallest absolute Gasteiger partial charge is 0.327 e. The molecule has 1 aromatic heterocycles. The van der Waals surface area contributed by atoms with E-state index in [1.807, 2.05) is 0 Å². The zero-order chi connectivity index (χ0) is 24.9. The van der Waals surface area contributed by atoms with Crippen LogP contribution >= 0.6 is 0 Å². The number of aromatic nitrogens is 3. The Kier molecular flexibility index (Phi) is 6.02. The quantitative estimate of drug-likeness (QED) is 0.641. The maximum atomic E-state index is 14.8. The first-order valence-electron chi connectivity index (χ1n) is 11.8. The molecule has 3 aliphatic rings. The molecule has 1 saturated heterocycles. The Hall–Kier alpha value is -3.02. The van der Waals surface area contributed by atoms with Gasteiger partial charge in [-0.15, -0.1) is 10.2 Å². The number of hydrazine groups is 1. The van der Waals surface area contributed by atoms with Gasteiger partial charge in [-0.05, 0) is 49.8 Å². The van der Waals surface area contributed by atoms with Gasteiger partial charge in [-0.1, -0.05) is 18.9 Å². The number of rotatable bonds is 3. The van der Waals surface area contributed by atoms with Crippen LogP contribution in [0.25, 0.3) is 0 Å². The Morgan fingerprint density at radius 1 is 1.17 bits per heavy atom. The number of nitrogens with one attached hydrogen (secondary N) is 2. The second-order valence-corrected chi connectivity index (χ2v) is 9.52. The zero-order valence-electron chi connectivity index (χ0n) is 19.1. The van der Waals surface area contributed by atoms with Crippen LogP contribution in [0.2, 0.25) is 0 Å². The number of fused-ring (bicyclic) bond motifs is 2. The molecule has 1 saturated carbocycles. The van der Waals surface area contributed by atoms with Crippen LogP contribution in [0.3, 0.4) is 0 Å². The van der Waals surface area contributed by atoms with E-state index in [1.165, 1.54) is 17.0 Å². The first-order valence-corrected chi connectivity index (χ1v) is 11.8. The number of hydrogen-bond donors (Lipinski definition) is 2. The summed E-state index contributed by atoms with van der Waals surface area (Å²) in [6.45, 7) is 1.39. The van der Waals surface area contributed by atoms with Crippen LogP contribution in [0, 0.1) is 17.7 Å². The molecule has 2 amide bonds. The molecule has 2 aromatic rings. The molecular formula is C23H26F4N6O2. The van der Waals surface area contributed by atoms with Crippen LogP contribution in [0.1, 0.15) is 66.2 Å². The summed E-state index contributed by atoms with van der Waals surface area (Å²) in [5.74, 6) is -2.29. The summed E-state index contributed by atoms with van der Waals surface area (Å²) in [6, 6.07) is 3.51. The number of carbonyl (C=O) groups excluding carboxylic acids is 2. The third-order valence-electron chi connectivity index (χ3n) is 7.47. The summed E-state index contributed by atoms with van der Waals surface area (Å²) in [5, 5.41) is 6.92. The lowest BCUT2D eigenvalue weighted by molar-refractivity contribution is -0.148. The van der Waals surface area contributed by atoms with Gasteiger partial charge >= 0.3 is 6.18 Å². The number of halogens is 4. The Morgan fingerprint density at radius 2 is 1.94 bits per heavy atom. The number of alkyl halides is 3. The zero-order valence-corrected chi connectivity index (χ0v) is 19.1. The fraction of sp³-hybridized carbons (Fsp3) is 0.565. The number of carbonyl (C=O) groups is 2. The van der Waals surface area contributed by atoms with Gasteiger partial charge in [0.25, 0.3) is 5.91 Å². The fourth-order valence-corrected chi connectivity index (χ4v) is 5.68. The molecule has 0 spiro atoms. The predicted molar refractivity (Wildman–Crippen MR) is 115 cm³/mol. The average molecular weight is 494 g/mol. The average Bonchev–Trinajstić information content (AvgIpc) is 3.28. The van der Waals surface area contributed by atoms with Crippen LogP contribution in [0.5, 0.6) is 0 Å². The summed E-state index contributed by atoms with van der Waals surface area (Å²) < 4.78 is 55.3. The summed E-state index contributed by atoms with van der Waals surface area (Å²) in [5.41, 5.74) is 6.42. The van der Waals surface area contributed by atoms with Gasteiger partial charge in [-0.3, -0.25) is 15.0 Å². The molecule has 8 nitrogen and oxygen atoms in total. The van der Waals surface area contributed by atoms with E-state index in [1.54, 1.807) is 13.0 Å². The molecule has 2 fully saturated rings. The van der Waals surface area contributed by atoms with Crippen molar-refractivity contribution in [2.45, 2.75) is 63.8 Å². The third kappa shape index (κ3) is 4.28. The normalized spacial score (nSPS) is 26.7. The van der Waals surface area contributed by atoms with Crippen molar-refractivity contribution in [2.24, 2.45) is 11.8 Å². The SMILES string of the molecule is CC1c2nnc(C(F)(F)F)n2CCN1C(=O)c1cc(CC2NNC(=O)C3CCCCC23)ccc1F. The van der Waals surface area contributed by atoms with Crippen molar-refractivity contribution >= 4 is 11.8 Å². The van der Waals surface area contributed by atoms with E-state index in [9.17, 15) is 27.2 Å². The molecule has 5 rings (SSSR count). The number of hydrogen-bond acceptors (Lipinski definition) is 5. The minimum atomic E-state index is -4.65. The maximum Gasteiger partial charge on any atom is 0.451 e. The van der Waals surface area contributed by atoms with Crippen molar-refractivity contribution in [3.8, 4) is 0 Å². The van der Waals surface area contributed by atoms with E-state index < -0.39 is 29.8 Å². The van der Waals surface area contributed by atoms with Crippen LogP contribution in [-0.2, 0) is 23.9 Å². The second-order valence-electron chi connectivity index (χ2n) is 9.52. The van der Waals surface area contributed by atoms with Crippen LogP contribution < -0.4 is 10.9 Å². The van der Waals surface area contributed by atoms with Gasteiger partial charge in [0.15, 0.2) is 5.82 Å². The van der Waals surface area contributed by atoms with Gasteiger partial charge in [0.05, 0.1) is 11.6 Å². The van der Waals surface area contributed by atoms with E-state index in [0.29, 0.717) is 6.42 Å². The highest BCUT2D eigenvalue weighted by molar-refractivity contribution is 5.95. The molecule has 2 N–H and O–H groups in total. The van der Waals surface area contributed by atoms with Crippen LogP contribution in [-0.4, -0.2) is 44.1 Å². The van der Waals surface area contributed by atoms with E-state index in [4.69, 9.17) is 0 Å². The van der Waals surface area contributed by atoms with Gasteiger partial charge in [0.1, 0.15) is 5.82 Å². The Bertz CT molecular complexity index is 1150. The first-order chi connectivity index (χ1) is 16.6. The lowest BCUT2D eigenvalue weighted by Gasteiger charge is -2.41. The standard InChI is InChI=1S/C23H26F4N6O2/c1-12-19-29-31-22(23(25,26)27)33(19)9-8-32(12)21(35)16-10-13(6-7-17(16)24)11-18-14-4-2-3-5-15(14)20(34)30-28-18/h6-7,10,12,14-15,18,28H,2-5,8-9,11H2,1H3,(H,30,34). The number of amides is 2. The van der Waals surface area contributed by atoms with Crippen molar-refractivity contribution in [2.75, 3.05) is 6.54 Å². The Labute approximate surface area is 199 Å². The number of benzene rings is 1. The molecule has 2 aliphatic heterocycles. The lowest BCUT2D eigenvalue weighted by Crippen LogP contribution is -2.60. The summed E-state index contributed by atoms with van der Waals surface area (Å²) in [7, 11) is 0. The highest BCUT2D eigenvalue weighted by atomic mass is 19.4. The highest BCUT2D eigenvalue weighted by Crippen LogP contribution is 2.36. The minimum absolute atomic E-state index is 0.00143. The fourth-order valence-electron chi connectivity index (χ4n) is 5.68. The van der Waals surface area contributed by atoms with Crippen LogP contribution in [0.15, 0.2) is 18.2 Å². The number of nitrogens with zero attached hydrogens (tertiary/aromatic N) is 4. The van der Waals surface area contributed by atoms with E-state index >= 15 is 0 Å². The van der Waals surface area contributed by atoms with Gasteiger partial charge in [-0.25, -0.2) is 9.82 Å². The van der Waals surface area contributed by atoms with Crippen LogP contribution in [0.4, 0.5) is 17.6 Å². The van der Waals surface area contributed by atoms with Crippen molar-refractivity contribution in [1.29, 1.82) is 0 Å². The Morgan fingerprint density at radius 3 is 2.71 bits per heavy atom. The molecule has 1 aromatic carbocycles. The maximum absolute atomic E-state index is 14.8. The predicted octanol–water partition coefficient (Wildman–Crippen LogP) is 3.00. The monoisotopic (exact) mass is 494 g/mol. The van der Waals surface area contributed by atoms with E-state index in [-0.39, 0.29) is 48.3 Å². The molecule has 4 atom stereocenters. The summed E-state index contributed by atoms with van der Waals surface area (Å²) in [6.07, 6.45) is -0.317. The molecular weight excluding hydrogens is 468 g/mol. The largest absolute Gasteiger partial charge is 0.451 e. The highest BCUT2D eigenvalue weighted by Gasteiger charge is 2.42.